The number of halogens is 1. The number of sulfone groups is 1. The van der Waals surface area contributed by atoms with Crippen molar-refractivity contribution in [3.05, 3.63) is 35.6 Å². The Hall–Kier alpha value is -1.67. The minimum absolute atomic E-state index is 0.0236. The molecule has 8 heteroatoms. The SMILES string of the molecule is CN=C(NCC(c1ccc(F)cc1)N(C)C)NC(C)CCS(C)(=O)=O. The lowest BCUT2D eigenvalue weighted by molar-refractivity contribution is 0.297. The van der Waals surface area contributed by atoms with Gasteiger partial charge in [-0.15, -0.1) is 0 Å². The maximum Gasteiger partial charge on any atom is 0.191 e. The maximum absolute atomic E-state index is 13.1. The second kappa shape index (κ2) is 9.72. The van der Waals surface area contributed by atoms with Crippen molar-refractivity contribution < 1.29 is 12.8 Å². The number of aliphatic imine (C=N–C) groups is 1. The molecule has 1 aromatic carbocycles. The molecule has 1 aromatic rings. The normalized spacial score (nSPS) is 15.1. The van der Waals surface area contributed by atoms with Gasteiger partial charge in [0.15, 0.2) is 5.96 Å². The van der Waals surface area contributed by atoms with E-state index in [0.717, 1.165) is 5.56 Å². The van der Waals surface area contributed by atoms with Gasteiger partial charge in [-0.1, -0.05) is 12.1 Å². The molecular formula is C17H29FN4O2S. The van der Waals surface area contributed by atoms with E-state index < -0.39 is 9.84 Å². The van der Waals surface area contributed by atoms with Crippen LogP contribution in [0.1, 0.15) is 24.9 Å². The predicted octanol–water partition coefficient (Wildman–Crippen LogP) is 1.42. The van der Waals surface area contributed by atoms with Crippen molar-refractivity contribution in [3.8, 4) is 0 Å². The van der Waals surface area contributed by atoms with Crippen LogP contribution in [0.3, 0.4) is 0 Å². The largest absolute Gasteiger partial charge is 0.354 e. The third kappa shape index (κ3) is 8.31. The summed E-state index contributed by atoms with van der Waals surface area (Å²) in [6.45, 7) is 2.50. The minimum atomic E-state index is -2.98. The van der Waals surface area contributed by atoms with Crippen molar-refractivity contribution in [2.24, 2.45) is 4.99 Å². The molecule has 0 aliphatic rings. The highest BCUT2D eigenvalue weighted by atomic mass is 32.2. The van der Waals surface area contributed by atoms with Crippen molar-refractivity contribution >= 4 is 15.8 Å². The molecule has 142 valence electrons. The molecule has 25 heavy (non-hydrogen) atoms. The maximum atomic E-state index is 13.1. The summed E-state index contributed by atoms with van der Waals surface area (Å²) >= 11 is 0. The highest BCUT2D eigenvalue weighted by Gasteiger charge is 2.16. The van der Waals surface area contributed by atoms with Gasteiger partial charge < -0.3 is 15.5 Å². The molecule has 0 aliphatic carbocycles. The molecule has 0 spiro atoms. The van der Waals surface area contributed by atoms with Gasteiger partial charge in [0.05, 0.1) is 11.8 Å². The van der Waals surface area contributed by atoms with E-state index in [1.54, 1.807) is 19.2 Å². The fourth-order valence-electron chi connectivity index (χ4n) is 2.37. The van der Waals surface area contributed by atoms with E-state index in [1.165, 1.54) is 18.4 Å². The van der Waals surface area contributed by atoms with Crippen LogP contribution in [0.25, 0.3) is 0 Å². The average molecular weight is 373 g/mol. The number of nitrogens with zero attached hydrogens (tertiary/aromatic N) is 2. The molecule has 2 atom stereocenters. The molecule has 0 bridgehead atoms. The Balaban J connectivity index is 2.63. The second-order valence-corrected chi connectivity index (χ2v) is 8.71. The smallest absolute Gasteiger partial charge is 0.191 e. The third-order valence-electron chi connectivity index (χ3n) is 3.87. The van der Waals surface area contributed by atoms with Crippen molar-refractivity contribution in [2.45, 2.75) is 25.4 Å². The molecule has 0 saturated heterocycles. The minimum Gasteiger partial charge on any atom is -0.354 e. The van der Waals surface area contributed by atoms with Gasteiger partial charge in [0.25, 0.3) is 0 Å². The third-order valence-corrected chi connectivity index (χ3v) is 4.85. The number of hydrogen-bond acceptors (Lipinski definition) is 4. The first-order chi connectivity index (χ1) is 11.6. The van der Waals surface area contributed by atoms with Crippen molar-refractivity contribution in [1.29, 1.82) is 0 Å². The van der Waals surface area contributed by atoms with Gasteiger partial charge in [0, 0.05) is 25.9 Å². The zero-order valence-corrected chi connectivity index (χ0v) is 16.4. The monoisotopic (exact) mass is 372 g/mol. The molecule has 2 unspecified atom stereocenters. The molecule has 0 amide bonds. The molecule has 0 heterocycles. The Morgan fingerprint density at radius 1 is 1.28 bits per heavy atom. The quantitative estimate of drug-likeness (QED) is 0.533. The first-order valence-electron chi connectivity index (χ1n) is 8.19. The van der Waals surface area contributed by atoms with E-state index in [4.69, 9.17) is 0 Å². The van der Waals surface area contributed by atoms with Crippen LogP contribution in [0.2, 0.25) is 0 Å². The van der Waals surface area contributed by atoms with Crippen molar-refractivity contribution in [1.82, 2.24) is 15.5 Å². The van der Waals surface area contributed by atoms with E-state index in [1.807, 2.05) is 25.9 Å². The highest BCUT2D eigenvalue weighted by molar-refractivity contribution is 7.90. The molecule has 6 nitrogen and oxygen atoms in total. The van der Waals surface area contributed by atoms with E-state index in [9.17, 15) is 12.8 Å². The number of rotatable bonds is 8. The van der Waals surface area contributed by atoms with Gasteiger partial charge >= 0.3 is 0 Å². The molecule has 0 fully saturated rings. The molecule has 1 rings (SSSR count). The molecule has 0 aliphatic heterocycles. The first-order valence-corrected chi connectivity index (χ1v) is 10.2. The zero-order chi connectivity index (χ0) is 19.0. The van der Waals surface area contributed by atoms with Gasteiger partial charge in [-0.05, 0) is 45.1 Å². The molecular weight excluding hydrogens is 343 g/mol. The molecule has 0 saturated carbocycles. The number of benzene rings is 1. The molecule has 2 N–H and O–H groups in total. The van der Waals surface area contributed by atoms with Gasteiger partial charge in [-0.2, -0.15) is 0 Å². The lowest BCUT2D eigenvalue weighted by atomic mass is 10.1. The van der Waals surface area contributed by atoms with E-state index >= 15 is 0 Å². The number of guanidine groups is 1. The number of nitrogens with one attached hydrogen (secondary N) is 2. The fraction of sp³-hybridized carbons (Fsp3) is 0.588. The van der Waals surface area contributed by atoms with Crippen LogP contribution >= 0.6 is 0 Å². The lowest BCUT2D eigenvalue weighted by Gasteiger charge is -2.26. The Bertz CT molecular complexity index is 660. The first kappa shape index (κ1) is 21.4. The average Bonchev–Trinajstić information content (AvgIpc) is 2.52. The van der Waals surface area contributed by atoms with Crippen LogP contribution in [0.4, 0.5) is 4.39 Å². The van der Waals surface area contributed by atoms with Gasteiger partial charge in [0.2, 0.25) is 0 Å². The topological polar surface area (TPSA) is 73.8 Å². The predicted molar refractivity (Wildman–Crippen MR) is 101 cm³/mol. The summed E-state index contributed by atoms with van der Waals surface area (Å²) in [7, 11) is 2.61. The standard InChI is InChI=1S/C17H29FN4O2S/c1-13(10-11-25(5,23)24)21-17(19-2)20-12-16(22(3)4)14-6-8-15(18)9-7-14/h6-9,13,16H,10-12H2,1-5H3,(H2,19,20,21). The second-order valence-electron chi connectivity index (χ2n) is 6.45. The molecule has 0 radical (unpaired) electrons. The Labute approximate surface area is 150 Å². The summed E-state index contributed by atoms with van der Waals surface area (Å²) in [6, 6.07) is 6.47. The summed E-state index contributed by atoms with van der Waals surface area (Å²) in [5.74, 6) is 0.481. The van der Waals surface area contributed by atoms with Crippen LogP contribution in [-0.2, 0) is 9.84 Å². The zero-order valence-electron chi connectivity index (χ0n) is 15.6. The summed E-state index contributed by atoms with van der Waals surface area (Å²) in [4.78, 5) is 6.22. The fourth-order valence-corrected chi connectivity index (χ4v) is 3.15. The van der Waals surface area contributed by atoms with Crippen LogP contribution in [0.15, 0.2) is 29.3 Å². The van der Waals surface area contributed by atoms with Gasteiger partial charge in [-0.25, -0.2) is 12.8 Å². The van der Waals surface area contributed by atoms with Crippen LogP contribution in [0.5, 0.6) is 0 Å². The van der Waals surface area contributed by atoms with Gasteiger partial charge in [-0.3, -0.25) is 4.99 Å². The summed E-state index contributed by atoms with van der Waals surface area (Å²) in [5.41, 5.74) is 1.000. The van der Waals surface area contributed by atoms with Crippen LogP contribution < -0.4 is 10.6 Å². The van der Waals surface area contributed by atoms with Crippen molar-refractivity contribution in [2.75, 3.05) is 39.7 Å². The summed E-state index contributed by atoms with van der Waals surface area (Å²) < 4.78 is 35.6. The van der Waals surface area contributed by atoms with E-state index in [-0.39, 0.29) is 23.7 Å². The van der Waals surface area contributed by atoms with Crippen molar-refractivity contribution in [3.63, 3.8) is 0 Å². The number of likely N-dealkylation sites (N-methyl/N-ethyl adjacent to an activating group) is 1. The van der Waals surface area contributed by atoms with E-state index in [0.29, 0.717) is 18.9 Å². The Morgan fingerprint density at radius 3 is 2.36 bits per heavy atom. The van der Waals surface area contributed by atoms with Gasteiger partial charge in [0.1, 0.15) is 15.7 Å². The number of hydrogen-bond donors (Lipinski definition) is 2. The van der Waals surface area contributed by atoms with E-state index in [2.05, 4.69) is 15.6 Å². The Kier molecular flexibility index (Phi) is 8.31. The van der Waals surface area contributed by atoms with Crippen LogP contribution in [-0.4, -0.2) is 65.0 Å². The Morgan fingerprint density at radius 2 is 1.88 bits per heavy atom. The highest BCUT2D eigenvalue weighted by Crippen LogP contribution is 2.17. The molecule has 0 aromatic heterocycles. The van der Waals surface area contributed by atoms with Crippen LogP contribution in [0, 0.1) is 5.82 Å². The summed E-state index contributed by atoms with van der Waals surface area (Å²) in [5, 5.41) is 6.44. The summed E-state index contributed by atoms with van der Waals surface area (Å²) in [6.07, 6.45) is 1.74. The lowest BCUT2D eigenvalue weighted by Crippen LogP contribution is -2.45.